The highest BCUT2D eigenvalue weighted by Crippen LogP contribution is 2.36. The van der Waals surface area contributed by atoms with Crippen LogP contribution in [0.25, 0.3) is 11.0 Å². The molecule has 0 spiro atoms. The number of carbonyl (C=O) groups is 3. The van der Waals surface area contributed by atoms with Crippen LogP contribution in [0.1, 0.15) is 33.0 Å². The van der Waals surface area contributed by atoms with E-state index >= 15 is 0 Å². The maximum atomic E-state index is 12.1. The van der Waals surface area contributed by atoms with Crippen LogP contribution in [0, 0.1) is 0 Å². The van der Waals surface area contributed by atoms with E-state index in [2.05, 4.69) is 14.5 Å². The van der Waals surface area contributed by atoms with Crippen molar-refractivity contribution in [1.82, 2.24) is 4.98 Å². The van der Waals surface area contributed by atoms with Crippen molar-refractivity contribution in [2.45, 2.75) is 12.8 Å². The second-order valence-electron chi connectivity index (χ2n) is 4.66. The first kappa shape index (κ1) is 17.3. The average Bonchev–Trinajstić information content (AvgIpc) is 2.94. The van der Waals surface area contributed by atoms with Crippen LogP contribution in [-0.2, 0) is 25.4 Å². The van der Waals surface area contributed by atoms with Gasteiger partial charge in [0.1, 0.15) is 0 Å². The van der Waals surface area contributed by atoms with Crippen LogP contribution in [0.2, 0.25) is 0 Å². The molecule has 2 aromatic heterocycles. The molecule has 9 nitrogen and oxygen atoms in total. The summed E-state index contributed by atoms with van der Waals surface area (Å²) < 4.78 is 19.0. The maximum absolute atomic E-state index is 12.1. The summed E-state index contributed by atoms with van der Waals surface area (Å²) in [5, 5.41) is 10.2. The highest BCUT2D eigenvalue weighted by molar-refractivity contribution is 6.09. The number of nitrogens with zero attached hydrogens (tertiary/aromatic N) is 1. The van der Waals surface area contributed by atoms with Crippen LogP contribution in [0.3, 0.4) is 0 Å². The van der Waals surface area contributed by atoms with Crippen molar-refractivity contribution in [1.29, 1.82) is 0 Å². The molecule has 0 radical (unpaired) electrons. The molecular weight excluding hydrogens is 322 g/mol. The highest BCUT2D eigenvalue weighted by Gasteiger charge is 2.28. The van der Waals surface area contributed by atoms with Gasteiger partial charge in [-0.15, -0.1) is 0 Å². The SMILES string of the molecule is COC(=O)CCc1ncc2oc(C(=O)OC)c(O)c2c1C(=O)OC. The first-order valence-electron chi connectivity index (χ1n) is 6.81. The number of pyridine rings is 1. The number of esters is 3. The van der Waals surface area contributed by atoms with Gasteiger partial charge < -0.3 is 23.7 Å². The largest absolute Gasteiger partial charge is 0.504 e. The number of aromatic hydroxyl groups is 1. The molecule has 2 rings (SSSR count). The van der Waals surface area contributed by atoms with Gasteiger partial charge in [0.05, 0.1) is 50.6 Å². The predicted octanol–water partition coefficient (Wildman–Crippen LogP) is 1.21. The third-order valence-electron chi connectivity index (χ3n) is 3.34. The Kier molecular flexibility index (Phi) is 5.02. The molecule has 9 heteroatoms. The second-order valence-corrected chi connectivity index (χ2v) is 4.66. The van der Waals surface area contributed by atoms with Crippen LogP contribution in [0.5, 0.6) is 5.75 Å². The van der Waals surface area contributed by atoms with Gasteiger partial charge in [0, 0.05) is 6.42 Å². The van der Waals surface area contributed by atoms with Crippen LogP contribution in [0.4, 0.5) is 0 Å². The van der Waals surface area contributed by atoms with Crippen molar-refractivity contribution < 1.29 is 38.1 Å². The van der Waals surface area contributed by atoms with E-state index in [1.807, 2.05) is 0 Å². The van der Waals surface area contributed by atoms with E-state index in [0.29, 0.717) is 0 Å². The van der Waals surface area contributed by atoms with Gasteiger partial charge in [0.2, 0.25) is 0 Å². The molecule has 0 aliphatic carbocycles. The van der Waals surface area contributed by atoms with Gasteiger partial charge in [0.25, 0.3) is 5.76 Å². The van der Waals surface area contributed by atoms with E-state index in [1.54, 1.807) is 0 Å². The van der Waals surface area contributed by atoms with E-state index in [4.69, 9.17) is 9.15 Å². The molecule has 0 bridgehead atoms. The monoisotopic (exact) mass is 337 g/mol. The standard InChI is InChI=1S/C15H15NO8/c1-21-9(17)5-4-7-10(14(19)22-2)11-8(6-16-7)24-13(12(11)18)15(20)23-3/h6,18H,4-5H2,1-3H3. The first-order valence-corrected chi connectivity index (χ1v) is 6.81. The molecule has 1 N–H and O–H groups in total. The Morgan fingerprint density at radius 1 is 1.12 bits per heavy atom. The zero-order chi connectivity index (χ0) is 17.9. The molecule has 0 fully saturated rings. The van der Waals surface area contributed by atoms with Gasteiger partial charge in [-0.05, 0) is 0 Å². The zero-order valence-corrected chi connectivity index (χ0v) is 13.2. The minimum atomic E-state index is -0.907. The Morgan fingerprint density at radius 2 is 1.79 bits per heavy atom. The zero-order valence-electron chi connectivity index (χ0n) is 13.2. The van der Waals surface area contributed by atoms with Crippen molar-refractivity contribution in [3.63, 3.8) is 0 Å². The number of ether oxygens (including phenoxy) is 3. The van der Waals surface area contributed by atoms with Crippen molar-refractivity contribution in [2.75, 3.05) is 21.3 Å². The number of rotatable bonds is 5. The fourth-order valence-corrected chi connectivity index (χ4v) is 2.18. The number of methoxy groups -OCH3 is 3. The van der Waals surface area contributed by atoms with Crippen molar-refractivity contribution >= 4 is 28.9 Å². The number of furan rings is 1. The molecule has 0 unspecified atom stereocenters. The van der Waals surface area contributed by atoms with Crippen LogP contribution in [0.15, 0.2) is 10.6 Å². The fourth-order valence-electron chi connectivity index (χ4n) is 2.18. The van der Waals surface area contributed by atoms with Crippen LogP contribution < -0.4 is 0 Å². The van der Waals surface area contributed by atoms with E-state index in [1.165, 1.54) is 13.3 Å². The van der Waals surface area contributed by atoms with Gasteiger partial charge in [-0.3, -0.25) is 9.78 Å². The van der Waals surface area contributed by atoms with Gasteiger partial charge in [-0.1, -0.05) is 0 Å². The Labute approximate surface area is 136 Å². The Hall–Kier alpha value is -3.10. The molecule has 0 aliphatic heterocycles. The summed E-state index contributed by atoms with van der Waals surface area (Å²) >= 11 is 0. The summed E-state index contributed by atoms with van der Waals surface area (Å²) in [6, 6.07) is 0. The molecule has 0 atom stereocenters. The van der Waals surface area contributed by atoms with E-state index < -0.39 is 29.4 Å². The number of hydrogen-bond acceptors (Lipinski definition) is 9. The number of fused-ring (bicyclic) bond motifs is 1. The van der Waals surface area contributed by atoms with Gasteiger partial charge in [-0.25, -0.2) is 9.59 Å². The van der Waals surface area contributed by atoms with Crippen LogP contribution >= 0.6 is 0 Å². The average molecular weight is 337 g/mol. The van der Waals surface area contributed by atoms with E-state index in [-0.39, 0.29) is 35.1 Å². The van der Waals surface area contributed by atoms with E-state index in [0.717, 1.165) is 14.2 Å². The Bertz CT molecular complexity index is 807. The van der Waals surface area contributed by atoms with Gasteiger partial charge in [-0.2, -0.15) is 0 Å². The molecular formula is C15H15NO8. The lowest BCUT2D eigenvalue weighted by molar-refractivity contribution is -0.140. The lowest BCUT2D eigenvalue weighted by Gasteiger charge is -2.07. The summed E-state index contributed by atoms with van der Waals surface area (Å²) in [6.07, 6.45) is 1.28. The first-order chi connectivity index (χ1) is 11.4. The Morgan fingerprint density at radius 3 is 2.38 bits per heavy atom. The lowest BCUT2D eigenvalue weighted by atomic mass is 10.0. The highest BCUT2D eigenvalue weighted by atomic mass is 16.5. The molecule has 24 heavy (non-hydrogen) atoms. The van der Waals surface area contributed by atoms with E-state index in [9.17, 15) is 19.5 Å². The minimum Gasteiger partial charge on any atom is -0.504 e. The third-order valence-corrected chi connectivity index (χ3v) is 3.34. The number of hydrogen-bond donors (Lipinski definition) is 1. The summed E-state index contributed by atoms with van der Waals surface area (Å²) in [7, 11) is 3.52. The van der Waals surface area contributed by atoms with Crippen molar-refractivity contribution in [3.05, 3.63) is 23.2 Å². The number of aromatic nitrogens is 1. The molecule has 0 aromatic carbocycles. The van der Waals surface area contributed by atoms with Gasteiger partial charge >= 0.3 is 17.9 Å². The molecule has 2 heterocycles. The van der Waals surface area contributed by atoms with Gasteiger partial charge in [0.15, 0.2) is 11.3 Å². The molecule has 128 valence electrons. The lowest BCUT2D eigenvalue weighted by Crippen LogP contribution is -2.10. The molecule has 2 aromatic rings. The number of carbonyl (C=O) groups excluding carboxylic acids is 3. The van der Waals surface area contributed by atoms with Crippen molar-refractivity contribution in [2.24, 2.45) is 0 Å². The normalized spacial score (nSPS) is 10.5. The second kappa shape index (κ2) is 6.99. The summed E-state index contributed by atoms with van der Waals surface area (Å²) in [5.74, 6) is -3.20. The summed E-state index contributed by atoms with van der Waals surface area (Å²) in [6.45, 7) is 0. The third kappa shape index (κ3) is 3.00. The van der Waals surface area contributed by atoms with Crippen molar-refractivity contribution in [3.8, 4) is 5.75 Å². The maximum Gasteiger partial charge on any atom is 0.377 e. The molecule has 0 aliphatic rings. The summed E-state index contributed by atoms with van der Waals surface area (Å²) in [4.78, 5) is 39.1. The smallest absolute Gasteiger partial charge is 0.377 e. The number of aryl methyl sites for hydroxylation is 1. The fraction of sp³-hybridized carbons (Fsp3) is 0.333. The molecule has 0 saturated heterocycles. The molecule has 0 amide bonds. The predicted molar refractivity (Wildman–Crippen MR) is 78.7 cm³/mol. The molecule has 0 saturated carbocycles. The minimum absolute atomic E-state index is 0.00937. The topological polar surface area (TPSA) is 125 Å². The van der Waals surface area contributed by atoms with Crippen LogP contribution in [-0.4, -0.2) is 49.3 Å². The Balaban J connectivity index is 2.63. The quantitative estimate of drug-likeness (QED) is 0.633. The summed E-state index contributed by atoms with van der Waals surface area (Å²) in [5.41, 5.74) is 0.123.